The van der Waals surface area contributed by atoms with Crippen molar-refractivity contribution in [3.05, 3.63) is 28.8 Å². The number of hydrogen-bond acceptors (Lipinski definition) is 7. The standard InChI is InChI=1S/C26H39N7O4/c1-5-6-20-11-22(30-37-20)25(34)27-24-21-15-33(18(4)23(21)28-29-24)26(35)32-13-16(2)31(12-17(32)3)14-19-7-9-36-10-8-19/h11,16-19H,5-10,12-15H2,1-4H3,(H2,27,28,29,34)/t16-,17+,18?/m1/s1. The summed E-state index contributed by atoms with van der Waals surface area (Å²) in [6, 6.07) is 1.95. The van der Waals surface area contributed by atoms with Crippen molar-refractivity contribution in [2.45, 2.75) is 78.0 Å². The van der Waals surface area contributed by atoms with Crippen molar-refractivity contribution in [1.82, 2.24) is 30.1 Å². The van der Waals surface area contributed by atoms with E-state index in [9.17, 15) is 9.59 Å². The van der Waals surface area contributed by atoms with E-state index < -0.39 is 0 Å². The van der Waals surface area contributed by atoms with Crippen LogP contribution in [-0.2, 0) is 17.7 Å². The average Bonchev–Trinajstić information content (AvgIpc) is 3.59. The highest BCUT2D eigenvalue weighted by Gasteiger charge is 2.41. The molecule has 37 heavy (non-hydrogen) atoms. The molecule has 2 aromatic rings. The Hall–Kier alpha value is -2.92. The van der Waals surface area contributed by atoms with Gasteiger partial charge in [-0.15, -0.1) is 0 Å². The lowest BCUT2D eigenvalue weighted by Crippen LogP contribution is -2.60. The molecule has 0 bridgehead atoms. The molecule has 2 fully saturated rings. The lowest BCUT2D eigenvalue weighted by atomic mass is 9.97. The van der Waals surface area contributed by atoms with Gasteiger partial charge in [0.05, 0.1) is 18.3 Å². The molecule has 5 rings (SSSR count). The number of carbonyl (C=O) groups is 2. The van der Waals surface area contributed by atoms with Gasteiger partial charge < -0.3 is 24.4 Å². The second kappa shape index (κ2) is 10.8. The summed E-state index contributed by atoms with van der Waals surface area (Å²) < 4.78 is 10.8. The SMILES string of the molecule is CCCc1cc(C(=O)Nc2n[nH]c3c2CN(C(=O)N2C[C@@H](C)N(CC4CCOCC4)C[C@@H]2C)C3C)no1. The number of H-pyrrole nitrogens is 1. The quantitative estimate of drug-likeness (QED) is 0.607. The van der Waals surface area contributed by atoms with E-state index in [0.717, 1.165) is 63.2 Å². The third kappa shape index (κ3) is 5.24. The van der Waals surface area contributed by atoms with Crippen LogP contribution in [0.1, 0.15) is 80.5 Å². The number of aryl methyl sites for hydroxylation is 1. The Morgan fingerprint density at radius 1 is 1.14 bits per heavy atom. The number of fused-ring (bicyclic) bond motifs is 1. The number of aromatic amines is 1. The number of nitrogens with one attached hydrogen (secondary N) is 2. The van der Waals surface area contributed by atoms with Crippen LogP contribution in [0.15, 0.2) is 10.6 Å². The van der Waals surface area contributed by atoms with Gasteiger partial charge in [0.15, 0.2) is 11.5 Å². The van der Waals surface area contributed by atoms with Gasteiger partial charge in [0.1, 0.15) is 5.76 Å². The summed E-state index contributed by atoms with van der Waals surface area (Å²) in [6.45, 7) is 13.1. The second-order valence-electron chi connectivity index (χ2n) is 10.8. The van der Waals surface area contributed by atoms with Crippen LogP contribution in [0.3, 0.4) is 0 Å². The highest BCUT2D eigenvalue weighted by atomic mass is 16.5. The Labute approximate surface area is 217 Å². The van der Waals surface area contributed by atoms with Crippen molar-refractivity contribution in [3.63, 3.8) is 0 Å². The fraction of sp³-hybridized carbons (Fsp3) is 0.692. The molecule has 11 nitrogen and oxygen atoms in total. The van der Waals surface area contributed by atoms with E-state index >= 15 is 0 Å². The van der Waals surface area contributed by atoms with Gasteiger partial charge in [-0.05, 0) is 46.0 Å². The molecule has 2 N–H and O–H groups in total. The van der Waals surface area contributed by atoms with Crippen molar-refractivity contribution in [2.75, 3.05) is 38.2 Å². The number of ether oxygens (including phenoxy) is 1. The predicted octanol–water partition coefficient (Wildman–Crippen LogP) is 3.42. The first kappa shape index (κ1) is 25.7. The molecule has 0 spiro atoms. The van der Waals surface area contributed by atoms with Gasteiger partial charge in [-0.2, -0.15) is 5.10 Å². The average molecular weight is 514 g/mol. The molecule has 2 aromatic heterocycles. The monoisotopic (exact) mass is 513 g/mol. The number of piperazine rings is 1. The Kier molecular flexibility index (Phi) is 7.52. The van der Waals surface area contributed by atoms with Crippen LogP contribution in [0.5, 0.6) is 0 Å². The third-order valence-electron chi connectivity index (χ3n) is 8.07. The number of carbonyl (C=O) groups excluding carboxylic acids is 2. The highest BCUT2D eigenvalue weighted by Crippen LogP contribution is 2.37. The number of anilines is 1. The van der Waals surface area contributed by atoms with Crippen LogP contribution in [0.25, 0.3) is 0 Å². The molecule has 0 aliphatic carbocycles. The predicted molar refractivity (Wildman–Crippen MR) is 137 cm³/mol. The topological polar surface area (TPSA) is 120 Å². The molecule has 11 heteroatoms. The summed E-state index contributed by atoms with van der Waals surface area (Å²) in [4.78, 5) is 32.9. The van der Waals surface area contributed by atoms with Crippen LogP contribution in [0.2, 0.25) is 0 Å². The van der Waals surface area contributed by atoms with E-state index in [4.69, 9.17) is 9.26 Å². The van der Waals surface area contributed by atoms with E-state index in [-0.39, 0.29) is 29.7 Å². The Morgan fingerprint density at radius 2 is 1.92 bits per heavy atom. The number of rotatable bonds is 6. The molecule has 5 heterocycles. The van der Waals surface area contributed by atoms with Gasteiger partial charge in [-0.25, -0.2) is 4.79 Å². The maximum Gasteiger partial charge on any atom is 0.321 e. The summed E-state index contributed by atoms with van der Waals surface area (Å²) in [6.07, 6.45) is 3.88. The van der Waals surface area contributed by atoms with Crippen molar-refractivity contribution >= 4 is 17.8 Å². The summed E-state index contributed by atoms with van der Waals surface area (Å²) in [5.41, 5.74) is 1.92. The molecule has 3 aliphatic rings. The maximum absolute atomic E-state index is 13.7. The fourth-order valence-corrected chi connectivity index (χ4v) is 5.78. The lowest BCUT2D eigenvalue weighted by molar-refractivity contribution is 0.0127. The van der Waals surface area contributed by atoms with Crippen LogP contribution >= 0.6 is 0 Å². The van der Waals surface area contributed by atoms with E-state index in [0.29, 0.717) is 36.6 Å². The van der Waals surface area contributed by atoms with Crippen LogP contribution < -0.4 is 5.32 Å². The second-order valence-corrected chi connectivity index (χ2v) is 10.8. The molecule has 3 atom stereocenters. The molecule has 2 saturated heterocycles. The van der Waals surface area contributed by atoms with Crippen LogP contribution in [0.4, 0.5) is 10.6 Å². The maximum atomic E-state index is 13.7. The number of urea groups is 1. The van der Waals surface area contributed by atoms with Crippen molar-refractivity contribution < 1.29 is 18.8 Å². The normalized spacial score (nSPS) is 24.9. The molecule has 3 aliphatic heterocycles. The molecular formula is C26H39N7O4. The zero-order valence-corrected chi connectivity index (χ0v) is 22.3. The highest BCUT2D eigenvalue weighted by molar-refractivity contribution is 6.02. The minimum Gasteiger partial charge on any atom is -0.381 e. The van der Waals surface area contributed by atoms with Crippen LogP contribution in [0, 0.1) is 5.92 Å². The largest absolute Gasteiger partial charge is 0.381 e. The molecule has 0 radical (unpaired) electrons. The van der Waals surface area contributed by atoms with Crippen molar-refractivity contribution in [3.8, 4) is 0 Å². The number of nitrogens with zero attached hydrogens (tertiary/aromatic N) is 5. The fourth-order valence-electron chi connectivity index (χ4n) is 5.78. The Morgan fingerprint density at radius 3 is 2.68 bits per heavy atom. The first-order chi connectivity index (χ1) is 17.9. The number of hydrogen-bond donors (Lipinski definition) is 2. The Bertz CT molecular complexity index is 1110. The Balaban J connectivity index is 1.21. The summed E-state index contributed by atoms with van der Waals surface area (Å²) in [7, 11) is 0. The minimum atomic E-state index is -0.374. The first-order valence-corrected chi connectivity index (χ1v) is 13.6. The summed E-state index contributed by atoms with van der Waals surface area (Å²) in [5.74, 6) is 1.42. The smallest absolute Gasteiger partial charge is 0.321 e. The van der Waals surface area contributed by atoms with Crippen LogP contribution in [-0.4, -0.2) is 86.9 Å². The zero-order chi connectivity index (χ0) is 26.1. The number of aromatic nitrogens is 3. The van der Waals surface area contributed by atoms with Crippen molar-refractivity contribution in [1.29, 1.82) is 0 Å². The molecule has 202 valence electrons. The molecule has 1 unspecified atom stereocenters. The lowest BCUT2D eigenvalue weighted by Gasteiger charge is -2.46. The van der Waals surface area contributed by atoms with Gasteiger partial charge in [-0.3, -0.25) is 14.8 Å². The van der Waals surface area contributed by atoms with Gasteiger partial charge in [0.2, 0.25) is 0 Å². The summed E-state index contributed by atoms with van der Waals surface area (Å²) >= 11 is 0. The van der Waals surface area contributed by atoms with E-state index in [1.165, 1.54) is 0 Å². The first-order valence-electron chi connectivity index (χ1n) is 13.6. The zero-order valence-electron chi connectivity index (χ0n) is 22.3. The molecule has 0 aromatic carbocycles. The van der Waals surface area contributed by atoms with E-state index in [1.807, 2.05) is 23.6 Å². The van der Waals surface area contributed by atoms with Crippen molar-refractivity contribution in [2.24, 2.45) is 5.92 Å². The van der Waals surface area contributed by atoms with Gasteiger partial charge >= 0.3 is 6.03 Å². The molecule has 3 amide bonds. The minimum absolute atomic E-state index is 0.0279. The van der Waals surface area contributed by atoms with E-state index in [1.54, 1.807) is 6.07 Å². The van der Waals surface area contributed by atoms with Gasteiger partial charge in [0, 0.05) is 63.0 Å². The van der Waals surface area contributed by atoms with Gasteiger partial charge in [0.25, 0.3) is 5.91 Å². The summed E-state index contributed by atoms with van der Waals surface area (Å²) in [5, 5.41) is 14.1. The third-order valence-corrected chi connectivity index (χ3v) is 8.07. The number of amides is 3. The molecular weight excluding hydrogens is 474 g/mol. The van der Waals surface area contributed by atoms with Gasteiger partial charge in [-0.1, -0.05) is 12.1 Å². The molecule has 0 saturated carbocycles. The van der Waals surface area contributed by atoms with E-state index in [2.05, 4.69) is 39.4 Å².